The maximum Gasteiger partial charge on any atom is 0.469 e. The topological polar surface area (TPSA) is 161 Å². The highest BCUT2D eigenvalue weighted by atomic mass is 35.5. The van der Waals surface area contributed by atoms with Gasteiger partial charge in [0.1, 0.15) is 28.4 Å². The summed E-state index contributed by atoms with van der Waals surface area (Å²) in [7, 11) is -4.73. The lowest BCUT2D eigenvalue weighted by Gasteiger charge is -2.21. The van der Waals surface area contributed by atoms with Gasteiger partial charge in [-0.15, -0.1) is 22.6 Å². The molecule has 2 atom stereocenters. The van der Waals surface area contributed by atoms with E-state index in [2.05, 4.69) is 20.8 Å². The predicted octanol–water partition coefficient (Wildman–Crippen LogP) is 4.95. The minimum atomic E-state index is -4.73. The smallest absolute Gasteiger partial charge is 0.469 e. The molecule has 0 saturated heterocycles. The Morgan fingerprint density at radius 1 is 1.19 bits per heavy atom. The highest BCUT2D eigenvalue weighted by Crippen LogP contribution is 2.39. The second kappa shape index (κ2) is 13.0. The molecular formula is C22H24Cl2FN4O6PS. The zero-order valence-electron chi connectivity index (χ0n) is 19.8. The zero-order valence-corrected chi connectivity index (χ0v) is 23.1. The Morgan fingerprint density at radius 2 is 1.86 bits per heavy atom. The van der Waals surface area contributed by atoms with Gasteiger partial charge in [0.25, 0.3) is 0 Å². The van der Waals surface area contributed by atoms with Crippen LogP contribution in [0.1, 0.15) is 26.3 Å². The summed E-state index contributed by atoms with van der Waals surface area (Å²) in [5.41, 5.74) is 7.08. The Kier molecular flexibility index (Phi) is 10.8. The molecule has 0 aliphatic heterocycles. The lowest BCUT2D eigenvalue weighted by atomic mass is 10.1. The van der Waals surface area contributed by atoms with Crippen LogP contribution in [0.4, 0.5) is 4.39 Å². The summed E-state index contributed by atoms with van der Waals surface area (Å²) in [5.74, 6) is -0.486. The van der Waals surface area contributed by atoms with Crippen LogP contribution in [0.15, 0.2) is 30.3 Å². The molecule has 0 unspecified atom stereocenters. The van der Waals surface area contributed by atoms with Gasteiger partial charge in [0.2, 0.25) is 0 Å². The molecule has 0 amide bonds. The monoisotopic (exact) mass is 592 g/mol. The van der Waals surface area contributed by atoms with Crippen molar-refractivity contribution in [3.63, 3.8) is 0 Å². The van der Waals surface area contributed by atoms with Crippen LogP contribution in [0.3, 0.4) is 0 Å². The van der Waals surface area contributed by atoms with Gasteiger partial charge in [0.05, 0.1) is 28.8 Å². The Morgan fingerprint density at radius 3 is 2.49 bits per heavy atom. The minimum Gasteiger partial charge on any atom is -0.490 e. The van der Waals surface area contributed by atoms with Crippen molar-refractivity contribution in [3.05, 3.63) is 46.7 Å². The number of benzene rings is 2. The average molecular weight is 593 g/mol. The van der Waals surface area contributed by atoms with E-state index in [-0.39, 0.29) is 41.5 Å². The molecular weight excluding hydrogens is 569 g/mol. The third-order valence-corrected chi connectivity index (χ3v) is 6.65. The predicted molar refractivity (Wildman–Crippen MR) is 140 cm³/mol. The quantitative estimate of drug-likeness (QED) is 0.275. The lowest BCUT2D eigenvalue weighted by molar-refractivity contribution is 0.106. The number of ether oxygens (including phenoxy) is 2. The van der Waals surface area contributed by atoms with Crippen LogP contribution in [-0.4, -0.2) is 44.8 Å². The Balaban J connectivity index is 0.00000481. The molecule has 200 valence electrons. The Hall–Kier alpha value is -2.33. The number of nitrogens with zero attached hydrogens (tertiary/aromatic N) is 3. The van der Waals surface area contributed by atoms with E-state index in [9.17, 15) is 14.2 Å². The molecule has 0 radical (unpaired) electrons. The first-order valence-corrected chi connectivity index (χ1v) is 13.3. The first-order chi connectivity index (χ1) is 16.9. The van der Waals surface area contributed by atoms with E-state index >= 15 is 0 Å². The van der Waals surface area contributed by atoms with Crippen molar-refractivity contribution >= 4 is 43.2 Å². The second-order valence-corrected chi connectivity index (χ2v) is 10.5. The average Bonchev–Trinajstić information content (AvgIpc) is 3.27. The number of phosphoric acid groups is 1. The second-order valence-electron chi connectivity index (χ2n) is 7.94. The summed E-state index contributed by atoms with van der Waals surface area (Å²) in [6.45, 7) is 4.80. The summed E-state index contributed by atoms with van der Waals surface area (Å²) in [6.07, 6.45) is -1.14. The number of halogens is 3. The van der Waals surface area contributed by atoms with Gasteiger partial charge in [-0.3, -0.25) is 4.52 Å². The molecule has 0 saturated carbocycles. The van der Waals surface area contributed by atoms with Gasteiger partial charge in [-0.2, -0.15) is 5.26 Å². The standard InChI is InChI=1S/C22H23ClFN4O6PS.ClH/c1-11(2)33-19-5-4-13(6-14(19)9-25)21-27-28-22(36-21)15-7-17(24)20(8-16(15)23)32-10-18(26)12(3)34-35(29,30)31;/h4-8,11-12,18H,10,26H2,1-3H3,(H2,29,30,31);1H/t12-,18+;/m1./s1. The van der Waals surface area contributed by atoms with Crippen molar-refractivity contribution in [1.82, 2.24) is 10.2 Å². The maximum atomic E-state index is 14.7. The van der Waals surface area contributed by atoms with Crippen LogP contribution in [0.2, 0.25) is 5.02 Å². The summed E-state index contributed by atoms with van der Waals surface area (Å²) >= 11 is 7.51. The maximum absolute atomic E-state index is 14.7. The fourth-order valence-corrected chi connectivity index (χ4v) is 4.73. The molecule has 37 heavy (non-hydrogen) atoms. The van der Waals surface area contributed by atoms with Gasteiger partial charge >= 0.3 is 7.82 Å². The summed E-state index contributed by atoms with van der Waals surface area (Å²) < 4.78 is 41.2. The van der Waals surface area contributed by atoms with E-state index in [0.29, 0.717) is 26.9 Å². The van der Waals surface area contributed by atoms with Crippen LogP contribution in [0.5, 0.6) is 11.5 Å². The Labute approximate surface area is 227 Å². The van der Waals surface area contributed by atoms with E-state index in [4.69, 9.17) is 36.6 Å². The first kappa shape index (κ1) is 30.9. The van der Waals surface area contributed by atoms with Gasteiger partial charge in [0, 0.05) is 17.2 Å². The van der Waals surface area contributed by atoms with E-state index in [1.54, 1.807) is 18.2 Å². The third kappa shape index (κ3) is 8.33. The summed E-state index contributed by atoms with van der Waals surface area (Å²) in [6, 6.07) is 8.62. The fourth-order valence-electron chi connectivity index (χ4n) is 2.98. The number of hydrogen-bond acceptors (Lipinski definition) is 9. The number of nitriles is 1. The highest BCUT2D eigenvalue weighted by molar-refractivity contribution is 7.46. The van der Waals surface area contributed by atoms with Crippen LogP contribution >= 0.6 is 43.2 Å². The number of aromatic nitrogens is 2. The molecule has 0 fully saturated rings. The molecule has 0 aliphatic carbocycles. The Bertz CT molecular complexity index is 1330. The van der Waals surface area contributed by atoms with Gasteiger partial charge in [-0.1, -0.05) is 22.9 Å². The van der Waals surface area contributed by atoms with Gasteiger partial charge < -0.3 is 25.0 Å². The zero-order chi connectivity index (χ0) is 26.6. The van der Waals surface area contributed by atoms with Crippen molar-refractivity contribution < 1.29 is 32.7 Å². The van der Waals surface area contributed by atoms with Crippen molar-refractivity contribution in [3.8, 4) is 38.7 Å². The molecule has 2 aromatic carbocycles. The van der Waals surface area contributed by atoms with Crippen molar-refractivity contribution in [2.45, 2.75) is 39.0 Å². The number of hydrogen-bond donors (Lipinski definition) is 3. The van der Waals surface area contributed by atoms with Crippen LogP contribution in [0, 0.1) is 17.1 Å². The molecule has 0 bridgehead atoms. The van der Waals surface area contributed by atoms with Crippen LogP contribution < -0.4 is 15.2 Å². The molecule has 10 nitrogen and oxygen atoms in total. The molecule has 0 spiro atoms. The first-order valence-electron chi connectivity index (χ1n) is 10.5. The summed E-state index contributed by atoms with van der Waals surface area (Å²) in [5, 5.41) is 18.7. The molecule has 4 N–H and O–H groups in total. The largest absolute Gasteiger partial charge is 0.490 e. The van der Waals surface area contributed by atoms with Gasteiger partial charge in [-0.05, 0) is 45.0 Å². The third-order valence-electron chi connectivity index (χ3n) is 4.72. The normalized spacial score (nSPS) is 13.0. The van der Waals surface area contributed by atoms with E-state index in [1.807, 2.05) is 13.8 Å². The lowest BCUT2D eigenvalue weighted by Crippen LogP contribution is -2.39. The van der Waals surface area contributed by atoms with Crippen molar-refractivity contribution in [2.75, 3.05) is 6.61 Å². The SMILES string of the molecule is CC(C)Oc1ccc(-c2nnc(-c3cc(F)c(OC[C@H](N)[C@@H](C)OP(=O)(O)O)cc3Cl)s2)cc1C#N.Cl. The van der Waals surface area contributed by atoms with Crippen LogP contribution in [0.25, 0.3) is 21.1 Å². The molecule has 1 aromatic heterocycles. The van der Waals surface area contributed by atoms with Gasteiger partial charge in [-0.25, -0.2) is 8.96 Å². The van der Waals surface area contributed by atoms with Gasteiger partial charge in [0.15, 0.2) is 11.6 Å². The molecule has 15 heteroatoms. The van der Waals surface area contributed by atoms with Crippen molar-refractivity contribution in [1.29, 1.82) is 5.26 Å². The molecule has 3 aromatic rings. The number of phosphoric ester groups is 1. The molecule has 1 heterocycles. The molecule has 3 rings (SSSR count). The number of rotatable bonds is 10. The van der Waals surface area contributed by atoms with E-state index in [1.165, 1.54) is 13.0 Å². The fraction of sp³-hybridized carbons (Fsp3) is 0.318. The van der Waals surface area contributed by atoms with Crippen molar-refractivity contribution in [2.24, 2.45) is 5.73 Å². The minimum absolute atomic E-state index is 0. The van der Waals surface area contributed by atoms with E-state index < -0.39 is 25.8 Å². The van der Waals surface area contributed by atoms with E-state index in [0.717, 1.165) is 17.4 Å². The van der Waals surface area contributed by atoms with Crippen LogP contribution in [-0.2, 0) is 9.09 Å². The highest BCUT2D eigenvalue weighted by Gasteiger charge is 2.25. The number of nitrogens with two attached hydrogens (primary N) is 1. The summed E-state index contributed by atoms with van der Waals surface area (Å²) in [4.78, 5) is 17.7. The molecule has 0 aliphatic rings.